The van der Waals surface area contributed by atoms with E-state index in [1.807, 2.05) is 43.6 Å². The minimum atomic E-state index is -0.0990. The van der Waals surface area contributed by atoms with Gasteiger partial charge in [0.1, 0.15) is 0 Å². The Morgan fingerprint density at radius 1 is 1.22 bits per heavy atom. The van der Waals surface area contributed by atoms with Crippen molar-refractivity contribution in [2.24, 2.45) is 18.4 Å². The van der Waals surface area contributed by atoms with Crippen LogP contribution in [-0.2, 0) is 19.9 Å². The zero-order valence-electron chi connectivity index (χ0n) is 16.4. The van der Waals surface area contributed by atoms with Crippen LogP contribution in [0.4, 0.5) is 5.82 Å². The molecule has 0 fully saturated rings. The summed E-state index contributed by atoms with van der Waals surface area (Å²) in [6.07, 6.45) is 4.75. The summed E-state index contributed by atoms with van der Waals surface area (Å²) in [5.74, 6) is 1.01. The number of carbonyl (C=O) groups excluding carboxylic acids is 1. The Labute approximate surface area is 159 Å². The van der Waals surface area contributed by atoms with Gasteiger partial charge in [0.2, 0.25) is 0 Å². The Morgan fingerprint density at radius 2 is 2.00 bits per heavy atom. The summed E-state index contributed by atoms with van der Waals surface area (Å²) in [4.78, 5) is 18.2. The molecule has 1 aliphatic carbocycles. The van der Waals surface area contributed by atoms with Gasteiger partial charge in [-0.2, -0.15) is 5.10 Å². The number of hydrogen-bond donors (Lipinski definition) is 1. The van der Waals surface area contributed by atoms with Crippen LogP contribution in [0.1, 0.15) is 48.8 Å². The predicted molar refractivity (Wildman–Crippen MR) is 108 cm³/mol. The third-order valence-electron chi connectivity index (χ3n) is 5.67. The third kappa shape index (κ3) is 3.34. The Morgan fingerprint density at radius 3 is 2.70 bits per heavy atom. The second kappa shape index (κ2) is 6.48. The molecule has 27 heavy (non-hydrogen) atoms. The summed E-state index contributed by atoms with van der Waals surface area (Å²) in [6.45, 7) is 6.85. The molecular formula is C22H26N4O. The van der Waals surface area contributed by atoms with Crippen molar-refractivity contribution >= 4 is 22.6 Å². The van der Waals surface area contributed by atoms with Crippen molar-refractivity contribution in [2.45, 2.75) is 40.0 Å². The quantitative estimate of drug-likeness (QED) is 0.736. The van der Waals surface area contributed by atoms with Crippen molar-refractivity contribution in [3.8, 4) is 0 Å². The van der Waals surface area contributed by atoms with Gasteiger partial charge in [-0.05, 0) is 42.2 Å². The average Bonchev–Trinajstić information content (AvgIpc) is 3.02. The number of pyridine rings is 1. The zero-order chi connectivity index (χ0) is 19.2. The van der Waals surface area contributed by atoms with Crippen molar-refractivity contribution < 1.29 is 4.79 Å². The summed E-state index contributed by atoms with van der Waals surface area (Å²) in [6, 6.07) is 9.74. The molecule has 2 heterocycles. The number of nitrogens with zero attached hydrogens (tertiary/aromatic N) is 3. The van der Waals surface area contributed by atoms with Gasteiger partial charge in [-0.1, -0.05) is 39.0 Å². The van der Waals surface area contributed by atoms with E-state index < -0.39 is 0 Å². The molecule has 0 radical (unpaired) electrons. The van der Waals surface area contributed by atoms with E-state index in [1.165, 1.54) is 0 Å². The lowest BCUT2D eigenvalue weighted by Crippen LogP contribution is -2.29. The van der Waals surface area contributed by atoms with E-state index in [9.17, 15) is 4.79 Å². The maximum absolute atomic E-state index is 13.3. The first kappa shape index (κ1) is 17.7. The van der Waals surface area contributed by atoms with E-state index in [-0.39, 0.29) is 11.3 Å². The van der Waals surface area contributed by atoms with E-state index in [0.717, 1.165) is 47.0 Å². The van der Waals surface area contributed by atoms with Gasteiger partial charge in [0, 0.05) is 30.4 Å². The summed E-state index contributed by atoms with van der Waals surface area (Å²) >= 11 is 0. The molecular weight excluding hydrogens is 336 g/mol. The molecule has 0 saturated heterocycles. The zero-order valence-corrected chi connectivity index (χ0v) is 16.4. The number of aryl methyl sites for hydroxylation is 2. The number of anilines is 1. The summed E-state index contributed by atoms with van der Waals surface area (Å²) < 4.78 is 1.69. The highest BCUT2D eigenvalue weighted by Crippen LogP contribution is 2.39. The molecule has 1 aromatic carbocycles. The van der Waals surface area contributed by atoms with Crippen molar-refractivity contribution in [1.82, 2.24) is 14.8 Å². The number of benzene rings is 1. The molecule has 3 aromatic rings. The summed E-state index contributed by atoms with van der Waals surface area (Å²) in [7, 11) is 1.84. The molecule has 5 heteroatoms. The van der Waals surface area contributed by atoms with Gasteiger partial charge in [-0.3, -0.25) is 14.5 Å². The topological polar surface area (TPSA) is 59.8 Å². The van der Waals surface area contributed by atoms with Crippen LogP contribution < -0.4 is 5.32 Å². The first-order valence-corrected chi connectivity index (χ1v) is 9.54. The van der Waals surface area contributed by atoms with Crippen LogP contribution >= 0.6 is 0 Å². The Bertz CT molecular complexity index is 1010. The second-order valence-corrected chi connectivity index (χ2v) is 8.56. The minimum Gasteiger partial charge on any atom is -0.305 e. The maximum Gasteiger partial charge on any atom is 0.257 e. The molecule has 0 spiro atoms. The van der Waals surface area contributed by atoms with E-state index in [1.54, 1.807) is 4.68 Å². The number of hydrogen-bond acceptors (Lipinski definition) is 3. The van der Waals surface area contributed by atoms with Crippen LogP contribution in [0.15, 0.2) is 36.5 Å². The van der Waals surface area contributed by atoms with Crippen LogP contribution in [0.25, 0.3) is 10.9 Å². The first-order chi connectivity index (χ1) is 12.8. The maximum atomic E-state index is 13.3. The van der Waals surface area contributed by atoms with Gasteiger partial charge in [0.15, 0.2) is 5.82 Å². The van der Waals surface area contributed by atoms with E-state index >= 15 is 0 Å². The standard InChI is InChI=1S/C22H26N4O/c1-22(2,3)14-9-10-18-16(13-14)20(15-7-5-6-8-17(15)23-18)21(27)24-19-11-12-26(4)25-19/h5-8,11-12,14H,9-10,13H2,1-4H3,(H,24,25,27). The number of para-hydroxylation sites is 1. The van der Waals surface area contributed by atoms with Gasteiger partial charge in [0.05, 0.1) is 11.1 Å². The normalized spacial score (nSPS) is 17.0. The van der Waals surface area contributed by atoms with Crippen LogP contribution in [0.3, 0.4) is 0 Å². The van der Waals surface area contributed by atoms with E-state index in [2.05, 4.69) is 31.2 Å². The molecule has 1 aliphatic rings. The molecule has 1 amide bonds. The predicted octanol–water partition coefficient (Wildman–Crippen LogP) is 4.37. The average molecular weight is 362 g/mol. The van der Waals surface area contributed by atoms with Crippen LogP contribution in [-0.4, -0.2) is 20.7 Å². The van der Waals surface area contributed by atoms with Gasteiger partial charge >= 0.3 is 0 Å². The molecule has 5 nitrogen and oxygen atoms in total. The van der Waals surface area contributed by atoms with Crippen molar-refractivity contribution in [2.75, 3.05) is 5.32 Å². The first-order valence-electron chi connectivity index (χ1n) is 9.54. The number of rotatable bonds is 2. The molecule has 2 aromatic heterocycles. The number of fused-ring (bicyclic) bond motifs is 2. The lowest BCUT2D eigenvalue weighted by Gasteiger charge is -2.35. The molecule has 1 N–H and O–H groups in total. The Hall–Kier alpha value is -2.69. The van der Waals surface area contributed by atoms with Crippen molar-refractivity contribution in [3.63, 3.8) is 0 Å². The van der Waals surface area contributed by atoms with E-state index in [0.29, 0.717) is 11.7 Å². The molecule has 4 rings (SSSR count). The molecule has 0 bridgehead atoms. The fraction of sp³-hybridized carbons (Fsp3) is 0.409. The van der Waals surface area contributed by atoms with Gasteiger partial charge in [-0.15, -0.1) is 0 Å². The smallest absolute Gasteiger partial charge is 0.257 e. The molecule has 1 atom stereocenters. The summed E-state index contributed by atoms with van der Waals surface area (Å²) in [5.41, 5.74) is 4.03. The van der Waals surface area contributed by atoms with Crippen molar-refractivity contribution in [1.29, 1.82) is 0 Å². The van der Waals surface area contributed by atoms with Gasteiger partial charge in [-0.25, -0.2) is 0 Å². The lowest BCUT2D eigenvalue weighted by atomic mass is 9.70. The monoisotopic (exact) mass is 362 g/mol. The Kier molecular flexibility index (Phi) is 4.25. The van der Waals surface area contributed by atoms with Crippen LogP contribution in [0.5, 0.6) is 0 Å². The van der Waals surface area contributed by atoms with Gasteiger partial charge in [0.25, 0.3) is 5.91 Å². The molecule has 1 unspecified atom stereocenters. The highest BCUT2D eigenvalue weighted by atomic mass is 16.1. The largest absolute Gasteiger partial charge is 0.305 e. The van der Waals surface area contributed by atoms with Crippen LogP contribution in [0.2, 0.25) is 0 Å². The van der Waals surface area contributed by atoms with Crippen LogP contribution in [0, 0.1) is 11.3 Å². The van der Waals surface area contributed by atoms with Gasteiger partial charge < -0.3 is 5.32 Å². The number of carbonyl (C=O) groups is 1. The fourth-order valence-electron chi connectivity index (χ4n) is 4.05. The highest BCUT2D eigenvalue weighted by molar-refractivity contribution is 6.13. The highest BCUT2D eigenvalue weighted by Gasteiger charge is 2.32. The second-order valence-electron chi connectivity index (χ2n) is 8.56. The molecule has 0 aliphatic heterocycles. The number of aromatic nitrogens is 3. The number of nitrogens with one attached hydrogen (secondary N) is 1. The van der Waals surface area contributed by atoms with E-state index in [4.69, 9.17) is 4.98 Å². The lowest BCUT2D eigenvalue weighted by molar-refractivity contribution is 0.102. The number of amides is 1. The fourth-order valence-corrected chi connectivity index (χ4v) is 4.05. The minimum absolute atomic E-state index is 0.0990. The third-order valence-corrected chi connectivity index (χ3v) is 5.67. The Balaban J connectivity index is 1.83. The molecule has 0 saturated carbocycles. The van der Waals surface area contributed by atoms with Crippen molar-refractivity contribution in [3.05, 3.63) is 53.3 Å². The molecule has 140 valence electrons. The summed E-state index contributed by atoms with van der Waals surface area (Å²) in [5, 5.41) is 8.18. The SMILES string of the molecule is Cn1ccc(NC(=O)c2c3c(nc4ccccc24)CCC(C(C)(C)C)C3)n1.